The molecule has 17 heavy (non-hydrogen) atoms. The number of hydrogen-bond donors (Lipinski definition) is 1. The Bertz CT molecular complexity index is 207. The predicted octanol–water partition coefficient (Wildman–Crippen LogP) is 3.27. The highest BCUT2D eigenvalue weighted by Crippen LogP contribution is 2.31. The largest absolute Gasteiger partial charge is 0.389 e. The van der Waals surface area contributed by atoms with Crippen molar-refractivity contribution in [2.45, 2.75) is 56.7 Å². The van der Waals surface area contributed by atoms with Crippen molar-refractivity contribution in [1.82, 2.24) is 5.32 Å². The van der Waals surface area contributed by atoms with Gasteiger partial charge in [0.15, 0.2) is 0 Å². The number of hydrogen-bond acceptors (Lipinski definition) is 2. The molecule has 0 aliphatic heterocycles. The molecule has 0 aromatic carbocycles. The maximum absolute atomic E-state index is 12.0. The van der Waals surface area contributed by atoms with Crippen LogP contribution in [-0.2, 0) is 4.74 Å². The summed E-state index contributed by atoms with van der Waals surface area (Å²) in [6, 6.07) is 0. The summed E-state index contributed by atoms with van der Waals surface area (Å²) >= 11 is 0. The maximum atomic E-state index is 12.0. The van der Waals surface area contributed by atoms with E-state index in [1.807, 2.05) is 7.05 Å². The molecular formula is C12H22F3NO. The van der Waals surface area contributed by atoms with E-state index in [9.17, 15) is 13.2 Å². The summed E-state index contributed by atoms with van der Waals surface area (Å²) in [5.41, 5.74) is -0.224. The van der Waals surface area contributed by atoms with Gasteiger partial charge in [0.2, 0.25) is 0 Å². The third-order valence-electron chi connectivity index (χ3n) is 3.28. The van der Waals surface area contributed by atoms with E-state index in [1.54, 1.807) is 0 Å². The molecule has 2 nitrogen and oxygen atoms in total. The summed E-state index contributed by atoms with van der Waals surface area (Å²) in [7, 11) is 1.86. The van der Waals surface area contributed by atoms with Gasteiger partial charge < -0.3 is 10.1 Å². The fraction of sp³-hybridized carbons (Fsp3) is 1.00. The number of halogens is 3. The van der Waals surface area contributed by atoms with Gasteiger partial charge in [0.25, 0.3) is 0 Å². The van der Waals surface area contributed by atoms with Gasteiger partial charge in [0, 0.05) is 19.6 Å². The van der Waals surface area contributed by atoms with Gasteiger partial charge in [-0.1, -0.05) is 19.3 Å². The number of nitrogens with one attached hydrogen (secondary N) is 1. The standard InChI is InChI=1S/C12H22F3NO/c1-16-10-11(6-3-2-4-7-11)17-9-5-8-12(13,14)15/h16H,2-10H2,1H3. The fourth-order valence-electron chi connectivity index (χ4n) is 2.45. The monoisotopic (exact) mass is 253 g/mol. The average molecular weight is 253 g/mol. The molecule has 1 rings (SSSR count). The van der Waals surface area contributed by atoms with Crippen LogP contribution in [0.2, 0.25) is 0 Å². The number of ether oxygens (including phenoxy) is 1. The van der Waals surface area contributed by atoms with Crippen molar-refractivity contribution in [3.63, 3.8) is 0 Å². The van der Waals surface area contributed by atoms with Gasteiger partial charge in [-0.2, -0.15) is 13.2 Å². The van der Waals surface area contributed by atoms with Gasteiger partial charge in [0.1, 0.15) is 0 Å². The zero-order chi connectivity index (χ0) is 12.8. The Morgan fingerprint density at radius 2 is 1.82 bits per heavy atom. The average Bonchev–Trinajstić information content (AvgIpc) is 2.25. The van der Waals surface area contributed by atoms with E-state index in [-0.39, 0.29) is 18.6 Å². The van der Waals surface area contributed by atoms with E-state index in [2.05, 4.69) is 5.32 Å². The molecule has 0 aromatic rings. The Morgan fingerprint density at radius 3 is 2.35 bits per heavy atom. The molecule has 102 valence electrons. The highest BCUT2D eigenvalue weighted by molar-refractivity contribution is 4.86. The molecule has 0 saturated heterocycles. The van der Waals surface area contributed by atoms with Crippen LogP contribution in [-0.4, -0.2) is 32.0 Å². The number of alkyl halides is 3. The molecule has 0 spiro atoms. The number of likely N-dealkylation sites (N-methyl/N-ethyl adjacent to an activating group) is 1. The van der Waals surface area contributed by atoms with Crippen LogP contribution in [0.15, 0.2) is 0 Å². The highest BCUT2D eigenvalue weighted by atomic mass is 19.4. The Labute approximate surface area is 101 Å². The molecule has 1 N–H and O–H groups in total. The molecule has 0 radical (unpaired) electrons. The molecule has 0 amide bonds. The lowest BCUT2D eigenvalue weighted by Crippen LogP contribution is -2.44. The minimum absolute atomic E-state index is 0.0644. The molecule has 0 bridgehead atoms. The summed E-state index contributed by atoms with van der Waals surface area (Å²) in [6.45, 7) is 0.945. The lowest BCUT2D eigenvalue weighted by Gasteiger charge is -2.37. The van der Waals surface area contributed by atoms with Crippen LogP contribution >= 0.6 is 0 Å². The van der Waals surface area contributed by atoms with Crippen LogP contribution in [0, 0.1) is 0 Å². The minimum atomic E-state index is -4.06. The molecule has 1 aliphatic rings. The lowest BCUT2D eigenvalue weighted by molar-refractivity contribution is -0.143. The van der Waals surface area contributed by atoms with Crippen LogP contribution in [0.25, 0.3) is 0 Å². The molecule has 5 heteroatoms. The highest BCUT2D eigenvalue weighted by Gasteiger charge is 2.33. The first-order chi connectivity index (χ1) is 7.97. The zero-order valence-corrected chi connectivity index (χ0v) is 10.4. The van der Waals surface area contributed by atoms with E-state index < -0.39 is 12.6 Å². The van der Waals surface area contributed by atoms with Crippen molar-refractivity contribution in [1.29, 1.82) is 0 Å². The Kier molecular flexibility index (Phi) is 5.73. The summed E-state index contributed by atoms with van der Waals surface area (Å²) in [4.78, 5) is 0. The maximum Gasteiger partial charge on any atom is 0.389 e. The van der Waals surface area contributed by atoms with Crippen molar-refractivity contribution < 1.29 is 17.9 Å². The van der Waals surface area contributed by atoms with Crippen molar-refractivity contribution in [3.05, 3.63) is 0 Å². The Balaban J connectivity index is 2.29. The predicted molar refractivity (Wildman–Crippen MR) is 61.0 cm³/mol. The Morgan fingerprint density at radius 1 is 1.18 bits per heavy atom. The van der Waals surface area contributed by atoms with Gasteiger partial charge in [-0.15, -0.1) is 0 Å². The van der Waals surface area contributed by atoms with Crippen LogP contribution in [0.4, 0.5) is 13.2 Å². The van der Waals surface area contributed by atoms with Crippen LogP contribution in [0.5, 0.6) is 0 Å². The van der Waals surface area contributed by atoms with Gasteiger partial charge >= 0.3 is 6.18 Å². The summed E-state index contributed by atoms with van der Waals surface area (Å²) < 4.78 is 41.7. The van der Waals surface area contributed by atoms with Crippen molar-refractivity contribution in [2.24, 2.45) is 0 Å². The van der Waals surface area contributed by atoms with E-state index in [0.717, 1.165) is 32.2 Å². The first kappa shape index (κ1) is 14.8. The SMILES string of the molecule is CNCC1(OCCCC(F)(F)F)CCCCC1. The van der Waals surface area contributed by atoms with Gasteiger partial charge in [-0.05, 0) is 26.3 Å². The fourth-order valence-corrected chi connectivity index (χ4v) is 2.45. The van der Waals surface area contributed by atoms with Crippen molar-refractivity contribution >= 4 is 0 Å². The third kappa shape index (κ3) is 5.73. The summed E-state index contributed by atoms with van der Waals surface area (Å²) in [6.07, 6.45) is 0.600. The smallest absolute Gasteiger partial charge is 0.374 e. The van der Waals surface area contributed by atoms with Crippen LogP contribution in [0.1, 0.15) is 44.9 Å². The summed E-state index contributed by atoms with van der Waals surface area (Å²) in [5, 5.41) is 3.09. The third-order valence-corrected chi connectivity index (χ3v) is 3.28. The molecule has 0 atom stereocenters. The molecule has 0 heterocycles. The van der Waals surface area contributed by atoms with Gasteiger partial charge in [-0.25, -0.2) is 0 Å². The molecular weight excluding hydrogens is 231 g/mol. The first-order valence-electron chi connectivity index (χ1n) is 6.33. The van der Waals surface area contributed by atoms with Gasteiger partial charge in [-0.3, -0.25) is 0 Å². The van der Waals surface area contributed by atoms with E-state index >= 15 is 0 Å². The molecule has 0 unspecified atom stereocenters. The lowest BCUT2D eigenvalue weighted by atomic mass is 9.84. The quantitative estimate of drug-likeness (QED) is 0.734. The summed E-state index contributed by atoms with van der Waals surface area (Å²) in [5.74, 6) is 0. The molecule has 1 aliphatic carbocycles. The van der Waals surface area contributed by atoms with Gasteiger partial charge in [0.05, 0.1) is 5.60 Å². The molecule has 1 saturated carbocycles. The molecule has 0 aromatic heterocycles. The minimum Gasteiger partial charge on any atom is -0.374 e. The van der Waals surface area contributed by atoms with E-state index in [4.69, 9.17) is 4.74 Å². The van der Waals surface area contributed by atoms with E-state index in [1.165, 1.54) is 6.42 Å². The molecule has 1 fully saturated rings. The number of rotatable bonds is 6. The van der Waals surface area contributed by atoms with Crippen LogP contribution < -0.4 is 5.32 Å². The normalized spacial score (nSPS) is 20.5. The second kappa shape index (κ2) is 6.59. The van der Waals surface area contributed by atoms with Crippen LogP contribution in [0.3, 0.4) is 0 Å². The second-order valence-electron chi connectivity index (χ2n) is 4.84. The zero-order valence-electron chi connectivity index (χ0n) is 10.4. The first-order valence-corrected chi connectivity index (χ1v) is 6.33. The van der Waals surface area contributed by atoms with E-state index in [0.29, 0.717) is 0 Å². The van der Waals surface area contributed by atoms with Crippen molar-refractivity contribution in [3.8, 4) is 0 Å². The Hall–Kier alpha value is -0.290. The second-order valence-corrected chi connectivity index (χ2v) is 4.84. The van der Waals surface area contributed by atoms with Crippen molar-refractivity contribution in [2.75, 3.05) is 20.2 Å². The topological polar surface area (TPSA) is 21.3 Å².